The summed E-state index contributed by atoms with van der Waals surface area (Å²) in [6, 6.07) is 0.0929. The maximum Gasteiger partial charge on any atom is 0.344 e. The summed E-state index contributed by atoms with van der Waals surface area (Å²) in [7, 11) is 0. The lowest BCUT2D eigenvalue weighted by Gasteiger charge is -2.07. The number of nitrogens with two attached hydrogens (primary N) is 1. The highest BCUT2D eigenvalue weighted by atomic mass is 32.2. The molecule has 8 heteroatoms. The van der Waals surface area contributed by atoms with Crippen molar-refractivity contribution in [3.05, 3.63) is 21.6 Å². The normalized spacial score (nSPS) is 11.2. The maximum absolute atomic E-state index is 11.5. The molecule has 0 saturated heterocycles. The van der Waals surface area contributed by atoms with Crippen LogP contribution in [0.2, 0.25) is 0 Å². The van der Waals surface area contributed by atoms with Gasteiger partial charge in [-0.1, -0.05) is 11.8 Å². The zero-order valence-electron chi connectivity index (χ0n) is 9.51. The van der Waals surface area contributed by atoms with Crippen molar-refractivity contribution in [2.45, 2.75) is 30.8 Å². The molecule has 0 aliphatic heterocycles. The van der Waals surface area contributed by atoms with Gasteiger partial charge >= 0.3 is 5.69 Å². The molecule has 2 heterocycles. The van der Waals surface area contributed by atoms with Crippen molar-refractivity contribution in [3.8, 4) is 0 Å². The Balaban J connectivity index is 2.12. The number of thiazole rings is 1. The van der Waals surface area contributed by atoms with E-state index >= 15 is 0 Å². The van der Waals surface area contributed by atoms with Crippen molar-refractivity contribution in [2.24, 2.45) is 0 Å². The molecule has 0 amide bonds. The molecule has 0 bridgehead atoms. The number of nitrogens with zero attached hydrogens (tertiary/aromatic N) is 3. The number of aromatic nitrogens is 4. The Morgan fingerprint density at radius 3 is 3.00 bits per heavy atom. The van der Waals surface area contributed by atoms with Crippen LogP contribution >= 0.6 is 23.1 Å². The summed E-state index contributed by atoms with van der Waals surface area (Å²) in [6.07, 6.45) is 1.75. The van der Waals surface area contributed by atoms with Gasteiger partial charge in [-0.25, -0.2) is 14.9 Å². The van der Waals surface area contributed by atoms with Crippen molar-refractivity contribution in [1.82, 2.24) is 19.7 Å². The van der Waals surface area contributed by atoms with E-state index in [9.17, 15) is 4.79 Å². The van der Waals surface area contributed by atoms with E-state index in [1.54, 1.807) is 10.8 Å². The van der Waals surface area contributed by atoms with Gasteiger partial charge < -0.3 is 5.73 Å². The van der Waals surface area contributed by atoms with Gasteiger partial charge in [0.25, 0.3) is 0 Å². The second-order valence-electron chi connectivity index (χ2n) is 3.73. The summed E-state index contributed by atoms with van der Waals surface area (Å²) >= 11 is 2.95. The average Bonchev–Trinajstić information content (AvgIpc) is 2.82. The van der Waals surface area contributed by atoms with E-state index in [-0.39, 0.29) is 11.7 Å². The Morgan fingerprint density at radius 2 is 2.41 bits per heavy atom. The molecule has 0 aliphatic carbocycles. The molecular weight excluding hydrogens is 258 g/mol. The molecule has 0 fully saturated rings. The second-order valence-corrected chi connectivity index (χ2v) is 5.82. The fraction of sp³-hybridized carbons (Fsp3) is 0.444. The molecule has 0 aromatic carbocycles. The number of thioether (sulfide) groups is 1. The van der Waals surface area contributed by atoms with Crippen LogP contribution < -0.4 is 11.4 Å². The predicted octanol–water partition coefficient (Wildman–Crippen LogP) is 1.48. The second kappa shape index (κ2) is 4.92. The number of hydrogen-bond acceptors (Lipinski definition) is 6. The van der Waals surface area contributed by atoms with Crippen LogP contribution in [0.25, 0.3) is 0 Å². The molecule has 0 aliphatic rings. The molecule has 0 atom stereocenters. The minimum absolute atomic E-state index is 0.0929. The van der Waals surface area contributed by atoms with Gasteiger partial charge in [0.1, 0.15) is 0 Å². The Bertz CT molecular complexity index is 556. The van der Waals surface area contributed by atoms with E-state index in [1.807, 2.05) is 13.8 Å². The lowest BCUT2D eigenvalue weighted by molar-refractivity contribution is 0.534. The summed E-state index contributed by atoms with van der Waals surface area (Å²) in [4.78, 5) is 16.5. The van der Waals surface area contributed by atoms with Gasteiger partial charge in [0, 0.05) is 22.9 Å². The van der Waals surface area contributed by atoms with Crippen LogP contribution in [0.1, 0.15) is 24.8 Å². The fourth-order valence-corrected chi connectivity index (χ4v) is 3.15. The van der Waals surface area contributed by atoms with Gasteiger partial charge in [-0.15, -0.1) is 16.4 Å². The first-order valence-electron chi connectivity index (χ1n) is 5.08. The standard InChI is InChI=1S/C9H13N5OS2/c1-5(2)14-8(15)12-13-9(14)16-4-6-3-11-7(10)17-6/h3,5H,4H2,1-2H3,(H2,10,11)(H,12,15). The monoisotopic (exact) mass is 271 g/mol. The molecule has 0 saturated carbocycles. The van der Waals surface area contributed by atoms with E-state index < -0.39 is 0 Å². The van der Waals surface area contributed by atoms with Gasteiger partial charge in [0.2, 0.25) is 0 Å². The molecule has 0 spiro atoms. The van der Waals surface area contributed by atoms with Crippen LogP contribution in [-0.2, 0) is 5.75 Å². The predicted molar refractivity (Wildman–Crippen MR) is 69.3 cm³/mol. The van der Waals surface area contributed by atoms with Crippen LogP contribution in [0.3, 0.4) is 0 Å². The molecule has 92 valence electrons. The highest BCUT2D eigenvalue weighted by Crippen LogP contribution is 2.25. The summed E-state index contributed by atoms with van der Waals surface area (Å²) in [5.74, 6) is 0.714. The number of rotatable bonds is 4. The zero-order chi connectivity index (χ0) is 12.4. The molecule has 0 radical (unpaired) electrons. The van der Waals surface area contributed by atoms with Crippen molar-refractivity contribution >= 4 is 28.2 Å². The largest absolute Gasteiger partial charge is 0.375 e. The molecule has 0 unspecified atom stereocenters. The first-order valence-corrected chi connectivity index (χ1v) is 6.88. The molecule has 17 heavy (non-hydrogen) atoms. The lowest BCUT2D eigenvalue weighted by Crippen LogP contribution is -2.19. The number of aromatic amines is 1. The van der Waals surface area contributed by atoms with Gasteiger partial charge in [0.15, 0.2) is 10.3 Å². The van der Waals surface area contributed by atoms with Gasteiger partial charge in [0.05, 0.1) is 0 Å². The summed E-state index contributed by atoms with van der Waals surface area (Å²) in [5, 5.41) is 7.71. The minimum atomic E-state index is -0.175. The summed E-state index contributed by atoms with van der Waals surface area (Å²) in [6.45, 7) is 3.90. The third-order valence-electron chi connectivity index (χ3n) is 2.10. The molecular formula is C9H13N5OS2. The highest BCUT2D eigenvalue weighted by Gasteiger charge is 2.12. The summed E-state index contributed by atoms with van der Waals surface area (Å²) in [5.41, 5.74) is 5.38. The first-order chi connectivity index (χ1) is 8.08. The molecule has 2 aromatic heterocycles. The summed E-state index contributed by atoms with van der Waals surface area (Å²) < 4.78 is 1.63. The van der Waals surface area contributed by atoms with Crippen LogP contribution in [0, 0.1) is 0 Å². The van der Waals surface area contributed by atoms with E-state index in [4.69, 9.17) is 5.73 Å². The van der Waals surface area contributed by atoms with Crippen molar-refractivity contribution in [1.29, 1.82) is 0 Å². The number of hydrogen-bond donors (Lipinski definition) is 2. The van der Waals surface area contributed by atoms with E-state index in [2.05, 4.69) is 15.2 Å². The fourth-order valence-electron chi connectivity index (χ4n) is 1.37. The van der Waals surface area contributed by atoms with Crippen LogP contribution in [0.4, 0.5) is 5.13 Å². The topological polar surface area (TPSA) is 89.6 Å². The molecule has 2 rings (SSSR count). The first kappa shape index (κ1) is 12.2. The molecule has 3 N–H and O–H groups in total. The van der Waals surface area contributed by atoms with Crippen LogP contribution in [-0.4, -0.2) is 19.7 Å². The van der Waals surface area contributed by atoms with Crippen molar-refractivity contribution < 1.29 is 0 Å². The Morgan fingerprint density at radius 1 is 1.65 bits per heavy atom. The SMILES string of the molecule is CC(C)n1c(SCc2cnc(N)s2)n[nH]c1=O. The number of H-pyrrole nitrogens is 1. The number of nitrogen functional groups attached to an aromatic ring is 1. The van der Waals surface area contributed by atoms with E-state index in [0.717, 1.165) is 4.88 Å². The smallest absolute Gasteiger partial charge is 0.344 e. The van der Waals surface area contributed by atoms with E-state index in [0.29, 0.717) is 16.0 Å². The molecule has 2 aromatic rings. The van der Waals surface area contributed by atoms with E-state index in [1.165, 1.54) is 23.1 Å². The van der Waals surface area contributed by atoms with Gasteiger partial charge in [-0.3, -0.25) is 4.57 Å². The lowest BCUT2D eigenvalue weighted by atomic mass is 10.4. The number of anilines is 1. The highest BCUT2D eigenvalue weighted by molar-refractivity contribution is 7.98. The van der Waals surface area contributed by atoms with Crippen LogP contribution in [0.5, 0.6) is 0 Å². The van der Waals surface area contributed by atoms with Crippen LogP contribution in [0.15, 0.2) is 16.1 Å². The maximum atomic E-state index is 11.5. The van der Waals surface area contributed by atoms with Gasteiger partial charge in [-0.05, 0) is 13.8 Å². The van der Waals surface area contributed by atoms with Crippen molar-refractivity contribution in [2.75, 3.05) is 5.73 Å². The third kappa shape index (κ3) is 2.70. The molecule has 6 nitrogen and oxygen atoms in total. The Labute approximate surface area is 106 Å². The number of nitrogens with one attached hydrogen (secondary N) is 1. The minimum Gasteiger partial charge on any atom is -0.375 e. The van der Waals surface area contributed by atoms with Gasteiger partial charge in [-0.2, -0.15) is 0 Å². The Kier molecular flexibility index (Phi) is 3.53. The quantitative estimate of drug-likeness (QED) is 0.822. The van der Waals surface area contributed by atoms with Crippen molar-refractivity contribution in [3.63, 3.8) is 0 Å². The third-order valence-corrected chi connectivity index (χ3v) is 4.11. The average molecular weight is 271 g/mol. The zero-order valence-corrected chi connectivity index (χ0v) is 11.1. The Hall–Kier alpha value is -1.28.